The van der Waals surface area contributed by atoms with Crippen molar-refractivity contribution in [1.29, 1.82) is 0 Å². The Kier molecular flexibility index (Phi) is 4.37. The van der Waals surface area contributed by atoms with Crippen LogP contribution in [0.4, 0.5) is 13.2 Å². The van der Waals surface area contributed by atoms with Gasteiger partial charge in [0.05, 0.1) is 5.56 Å². The monoisotopic (exact) mass is 439 g/mol. The molecule has 0 atom stereocenters. The topological polar surface area (TPSA) is 50.2 Å². The Labute approximate surface area is 178 Å². The van der Waals surface area contributed by atoms with E-state index in [1.807, 2.05) is 36.4 Å². The summed E-state index contributed by atoms with van der Waals surface area (Å²) in [5.41, 5.74) is 0.000110. The van der Waals surface area contributed by atoms with E-state index >= 15 is 0 Å². The number of fused-ring (bicyclic) bond motifs is 2. The molecule has 1 N–H and O–H groups in total. The van der Waals surface area contributed by atoms with Gasteiger partial charge >= 0.3 is 6.18 Å². The van der Waals surface area contributed by atoms with Crippen LogP contribution in [-0.2, 0) is 6.18 Å². The molecule has 3 aromatic carbocycles. The van der Waals surface area contributed by atoms with E-state index in [9.17, 15) is 18.0 Å². The van der Waals surface area contributed by atoms with Crippen molar-refractivity contribution < 1.29 is 13.2 Å². The second-order valence-corrected chi connectivity index (χ2v) is 7.51. The third kappa shape index (κ3) is 3.37. The van der Waals surface area contributed by atoms with Gasteiger partial charge in [-0.15, -0.1) is 0 Å². The van der Waals surface area contributed by atoms with Gasteiger partial charge in [-0.1, -0.05) is 60.1 Å². The molecule has 0 bridgehead atoms. The molecule has 0 saturated heterocycles. The summed E-state index contributed by atoms with van der Waals surface area (Å²) in [6.07, 6.45) is -4.70. The number of rotatable bonds is 2. The standard InChI is InChI=1S/C23H13ClF3N3O/c24-17-9-7-14(8-10-17)21-20(16-6-5-13-3-1-2-4-15(13)11-16)22-28-18(23(25,26)27)12-19(31)30(22)29-21/h1-12,28H. The average Bonchev–Trinajstić information content (AvgIpc) is 3.13. The number of nitrogens with one attached hydrogen (secondary N) is 1. The van der Waals surface area contributed by atoms with Gasteiger partial charge in [0, 0.05) is 16.7 Å². The van der Waals surface area contributed by atoms with Gasteiger partial charge < -0.3 is 4.98 Å². The molecular weight excluding hydrogens is 427 g/mol. The van der Waals surface area contributed by atoms with Crippen molar-refractivity contribution in [3.63, 3.8) is 0 Å². The Morgan fingerprint density at radius 2 is 1.55 bits per heavy atom. The molecule has 154 valence electrons. The van der Waals surface area contributed by atoms with Gasteiger partial charge in [0.15, 0.2) is 0 Å². The molecule has 0 unspecified atom stereocenters. The molecule has 0 aliphatic rings. The van der Waals surface area contributed by atoms with E-state index in [2.05, 4.69) is 10.1 Å². The number of H-pyrrole nitrogens is 1. The fourth-order valence-electron chi connectivity index (χ4n) is 3.62. The highest BCUT2D eigenvalue weighted by molar-refractivity contribution is 6.30. The zero-order valence-electron chi connectivity index (χ0n) is 15.7. The predicted octanol–water partition coefficient (Wildman–Crippen LogP) is 6.18. The first kappa shape index (κ1) is 19.4. The number of hydrogen-bond acceptors (Lipinski definition) is 2. The van der Waals surface area contributed by atoms with Crippen molar-refractivity contribution in [2.24, 2.45) is 0 Å². The molecule has 4 nitrogen and oxygen atoms in total. The fraction of sp³-hybridized carbons (Fsp3) is 0.0435. The van der Waals surface area contributed by atoms with E-state index in [4.69, 9.17) is 11.6 Å². The second-order valence-electron chi connectivity index (χ2n) is 7.07. The minimum absolute atomic E-state index is 0.0277. The zero-order chi connectivity index (χ0) is 21.8. The Bertz CT molecular complexity index is 1500. The molecule has 0 saturated carbocycles. The lowest BCUT2D eigenvalue weighted by Crippen LogP contribution is -2.20. The van der Waals surface area contributed by atoms with Crippen LogP contribution >= 0.6 is 11.6 Å². The fourth-order valence-corrected chi connectivity index (χ4v) is 3.75. The number of halogens is 4. The summed E-state index contributed by atoms with van der Waals surface area (Å²) >= 11 is 5.99. The molecule has 31 heavy (non-hydrogen) atoms. The molecule has 0 fully saturated rings. The van der Waals surface area contributed by atoms with Gasteiger partial charge in [-0.2, -0.15) is 22.8 Å². The van der Waals surface area contributed by atoms with Crippen LogP contribution in [-0.4, -0.2) is 14.6 Å². The minimum Gasteiger partial charge on any atom is -0.335 e. The number of alkyl halides is 3. The molecule has 2 heterocycles. The molecular formula is C23H13ClF3N3O. The van der Waals surface area contributed by atoms with Crippen LogP contribution in [0.5, 0.6) is 0 Å². The maximum Gasteiger partial charge on any atom is 0.431 e. The van der Waals surface area contributed by atoms with Crippen LogP contribution in [0.15, 0.2) is 77.6 Å². The molecule has 5 rings (SSSR count). The maximum atomic E-state index is 13.4. The van der Waals surface area contributed by atoms with Crippen molar-refractivity contribution in [3.05, 3.63) is 93.9 Å². The highest BCUT2D eigenvalue weighted by Crippen LogP contribution is 2.37. The Morgan fingerprint density at radius 3 is 2.26 bits per heavy atom. The lowest BCUT2D eigenvalue weighted by molar-refractivity contribution is -0.141. The van der Waals surface area contributed by atoms with E-state index in [0.29, 0.717) is 33.5 Å². The van der Waals surface area contributed by atoms with Crippen molar-refractivity contribution >= 4 is 28.0 Å². The number of benzene rings is 3. The predicted molar refractivity (Wildman–Crippen MR) is 114 cm³/mol. The molecule has 0 radical (unpaired) electrons. The van der Waals surface area contributed by atoms with Gasteiger partial charge in [-0.05, 0) is 34.5 Å². The number of hydrogen-bond donors (Lipinski definition) is 1. The second kappa shape index (κ2) is 6.99. The van der Waals surface area contributed by atoms with Gasteiger partial charge in [0.2, 0.25) is 0 Å². The zero-order valence-corrected chi connectivity index (χ0v) is 16.5. The SMILES string of the molecule is O=c1cc(C(F)(F)F)[nH]c2c(-c3ccc4ccccc4c3)c(-c3ccc(Cl)cc3)nn12. The highest BCUT2D eigenvalue weighted by Gasteiger charge is 2.33. The third-order valence-electron chi connectivity index (χ3n) is 5.08. The Balaban J connectivity index is 1.88. The molecule has 0 aliphatic heterocycles. The largest absolute Gasteiger partial charge is 0.431 e. The van der Waals surface area contributed by atoms with Crippen LogP contribution < -0.4 is 5.56 Å². The molecule has 0 aliphatic carbocycles. The van der Waals surface area contributed by atoms with Crippen LogP contribution in [0.25, 0.3) is 38.8 Å². The lowest BCUT2D eigenvalue weighted by Gasteiger charge is -2.09. The summed E-state index contributed by atoms with van der Waals surface area (Å²) in [6.45, 7) is 0. The van der Waals surface area contributed by atoms with Crippen molar-refractivity contribution in [1.82, 2.24) is 14.6 Å². The maximum absolute atomic E-state index is 13.4. The first-order chi connectivity index (χ1) is 14.8. The van der Waals surface area contributed by atoms with Crippen LogP contribution in [0.2, 0.25) is 5.02 Å². The summed E-state index contributed by atoms with van der Waals surface area (Å²) in [7, 11) is 0. The average molecular weight is 440 g/mol. The highest BCUT2D eigenvalue weighted by atomic mass is 35.5. The summed E-state index contributed by atoms with van der Waals surface area (Å²) in [5.74, 6) is 0. The summed E-state index contributed by atoms with van der Waals surface area (Å²) in [6, 6.07) is 20.4. The first-order valence-corrected chi connectivity index (χ1v) is 9.67. The van der Waals surface area contributed by atoms with E-state index in [0.717, 1.165) is 15.3 Å². The van der Waals surface area contributed by atoms with Gasteiger partial charge in [-0.25, -0.2) is 0 Å². The van der Waals surface area contributed by atoms with E-state index in [1.165, 1.54) is 0 Å². The van der Waals surface area contributed by atoms with Crippen molar-refractivity contribution in [3.8, 4) is 22.4 Å². The van der Waals surface area contributed by atoms with Crippen molar-refractivity contribution in [2.45, 2.75) is 6.18 Å². The van der Waals surface area contributed by atoms with Gasteiger partial charge in [0.1, 0.15) is 17.0 Å². The molecule has 0 amide bonds. The smallest absolute Gasteiger partial charge is 0.335 e. The molecule has 8 heteroatoms. The molecule has 5 aromatic rings. The Morgan fingerprint density at radius 1 is 0.871 bits per heavy atom. The number of aromatic amines is 1. The number of nitrogens with zero attached hydrogens (tertiary/aromatic N) is 2. The summed E-state index contributed by atoms with van der Waals surface area (Å²) < 4.78 is 41.2. The van der Waals surface area contributed by atoms with Gasteiger partial charge in [-0.3, -0.25) is 4.79 Å². The van der Waals surface area contributed by atoms with Crippen LogP contribution in [0, 0.1) is 0 Å². The lowest BCUT2D eigenvalue weighted by atomic mass is 9.98. The van der Waals surface area contributed by atoms with Crippen molar-refractivity contribution in [2.75, 3.05) is 0 Å². The quantitative estimate of drug-likeness (QED) is 0.357. The first-order valence-electron chi connectivity index (χ1n) is 9.29. The third-order valence-corrected chi connectivity index (χ3v) is 5.33. The van der Waals surface area contributed by atoms with E-state index in [1.54, 1.807) is 30.3 Å². The van der Waals surface area contributed by atoms with Crippen LogP contribution in [0.3, 0.4) is 0 Å². The normalized spacial score (nSPS) is 12.0. The summed E-state index contributed by atoms with van der Waals surface area (Å²) in [4.78, 5) is 14.9. The minimum atomic E-state index is -4.70. The van der Waals surface area contributed by atoms with Gasteiger partial charge in [0.25, 0.3) is 5.56 Å². The Hall–Kier alpha value is -3.58. The molecule has 2 aromatic heterocycles. The van der Waals surface area contributed by atoms with E-state index in [-0.39, 0.29) is 5.65 Å². The number of aromatic nitrogens is 3. The van der Waals surface area contributed by atoms with E-state index < -0.39 is 17.4 Å². The molecule has 0 spiro atoms. The summed E-state index contributed by atoms with van der Waals surface area (Å²) in [5, 5.41) is 6.76. The van der Waals surface area contributed by atoms with Crippen LogP contribution in [0.1, 0.15) is 5.69 Å².